The number of amides is 2. The van der Waals surface area contributed by atoms with Gasteiger partial charge in [0, 0.05) is 6.54 Å². The Kier molecular flexibility index (Phi) is 4.41. The van der Waals surface area contributed by atoms with Gasteiger partial charge in [-0.2, -0.15) is 0 Å². The molecule has 1 saturated heterocycles. The molecular weight excluding hydrogens is 228 g/mol. The summed E-state index contributed by atoms with van der Waals surface area (Å²) in [4.78, 5) is 26.4. The van der Waals surface area contributed by atoms with Crippen molar-refractivity contribution in [2.24, 2.45) is 11.8 Å². The monoisotopic (exact) mass is 254 g/mol. The van der Waals surface area contributed by atoms with E-state index in [0.29, 0.717) is 12.5 Å². The fraction of sp³-hybridized carbons (Fsp3) is 0.857. The first-order chi connectivity index (χ1) is 8.21. The van der Waals surface area contributed by atoms with Gasteiger partial charge in [-0.3, -0.25) is 9.59 Å². The fourth-order valence-corrected chi connectivity index (χ4v) is 2.16. The van der Waals surface area contributed by atoms with Crippen molar-refractivity contribution in [2.75, 3.05) is 6.54 Å². The molecule has 1 fully saturated rings. The first kappa shape index (κ1) is 15.0. The molecule has 1 heterocycles. The maximum absolute atomic E-state index is 12.5. The van der Waals surface area contributed by atoms with Crippen LogP contribution in [0.15, 0.2) is 0 Å². The summed E-state index contributed by atoms with van der Waals surface area (Å²) >= 11 is 0. The van der Waals surface area contributed by atoms with Gasteiger partial charge < -0.3 is 10.2 Å². The van der Waals surface area contributed by atoms with E-state index in [4.69, 9.17) is 0 Å². The van der Waals surface area contributed by atoms with Crippen LogP contribution in [0.5, 0.6) is 0 Å². The smallest absolute Gasteiger partial charge is 0.246 e. The summed E-state index contributed by atoms with van der Waals surface area (Å²) in [6, 6.07) is -0.380. The molecule has 4 heteroatoms. The highest BCUT2D eigenvalue weighted by atomic mass is 16.2. The van der Waals surface area contributed by atoms with Gasteiger partial charge in [-0.25, -0.2) is 0 Å². The molecule has 0 aromatic heterocycles. The zero-order valence-electron chi connectivity index (χ0n) is 12.4. The number of piperazine rings is 1. The largest absolute Gasteiger partial charge is 0.342 e. The summed E-state index contributed by atoms with van der Waals surface area (Å²) < 4.78 is 0. The molecule has 18 heavy (non-hydrogen) atoms. The van der Waals surface area contributed by atoms with Gasteiger partial charge in [-0.15, -0.1) is 0 Å². The highest BCUT2D eigenvalue weighted by Crippen LogP contribution is 2.25. The van der Waals surface area contributed by atoms with E-state index >= 15 is 0 Å². The summed E-state index contributed by atoms with van der Waals surface area (Å²) in [5.74, 6) is 0.530. The van der Waals surface area contributed by atoms with Crippen LogP contribution < -0.4 is 5.32 Å². The van der Waals surface area contributed by atoms with Gasteiger partial charge in [0.1, 0.15) is 11.6 Å². The summed E-state index contributed by atoms with van der Waals surface area (Å²) in [5.41, 5.74) is -0.744. The van der Waals surface area contributed by atoms with Crippen molar-refractivity contribution in [2.45, 2.75) is 59.5 Å². The van der Waals surface area contributed by atoms with Crippen LogP contribution in [0.1, 0.15) is 48.0 Å². The fourth-order valence-electron chi connectivity index (χ4n) is 2.16. The molecule has 0 saturated carbocycles. The Morgan fingerprint density at radius 1 is 1.28 bits per heavy atom. The predicted octanol–water partition coefficient (Wildman–Crippen LogP) is 1.79. The van der Waals surface area contributed by atoms with E-state index in [1.807, 2.05) is 27.7 Å². The van der Waals surface area contributed by atoms with Crippen molar-refractivity contribution < 1.29 is 9.59 Å². The third-order valence-corrected chi connectivity index (χ3v) is 3.91. The second-order valence-electron chi connectivity index (χ2n) is 6.22. The number of carbonyl (C=O) groups is 2. The summed E-state index contributed by atoms with van der Waals surface area (Å²) in [7, 11) is 0. The Morgan fingerprint density at radius 2 is 1.83 bits per heavy atom. The number of nitrogens with one attached hydrogen (secondary N) is 1. The topological polar surface area (TPSA) is 49.4 Å². The number of hydrogen-bond acceptors (Lipinski definition) is 2. The number of nitrogens with zero attached hydrogens (tertiary/aromatic N) is 1. The van der Waals surface area contributed by atoms with Gasteiger partial charge in [-0.05, 0) is 25.7 Å². The Morgan fingerprint density at radius 3 is 2.28 bits per heavy atom. The molecule has 2 amide bonds. The van der Waals surface area contributed by atoms with E-state index in [-0.39, 0.29) is 23.8 Å². The highest BCUT2D eigenvalue weighted by molar-refractivity contribution is 5.99. The molecule has 4 nitrogen and oxygen atoms in total. The molecule has 0 aliphatic carbocycles. The van der Waals surface area contributed by atoms with Crippen LogP contribution in [-0.2, 0) is 9.59 Å². The Hall–Kier alpha value is -1.06. The number of rotatable bonds is 4. The van der Waals surface area contributed by atoms with Crippen LogP contribution in [0.3, 0.4) is 0 Å². The minimum atomic E-state index is -0.744. The molecule has 104 valence electrons. The van der Waals surface area contributed by atoms with Gasteiger partial charge in [0.25, 0.3) is 0 Å². The number of carbonyl (C=O) groups excluding carboxylic acids is 2. The first-order valence-electron chi connectivity index (χ1n) is 6.84. The van der Waals surface area contributed by atoms with Crippen molar-refractivity contribution in [3.8, 4) is 0 Å². The minimum Gasteiger partial charge on any atom is -0.342 e. The van der Waals surface area contributed by atoms with Crippen molar-refractivity contribution in [3.63, 3.8) is 0 Å². The van der Waals surface area contributed by atoms with Gasteiger partial charge in [0.05, 0.1) is 0 Å². The lowest BCUT2D eigenvalue weighted by molar-refractivity contribution is -0.157. The zero-order chi connectivity index (χ0) is 14.1. The maximum Gasteiger partial charge on any atom is 0.246 e. The molecule has 1 rings (SSSR count). The molecule has 0 aromatic rings. The van der Waals surface area contributed by atoms with Gasteiger partial charge in [0.15, 0.2) is 0 Å². The lowest BCUT2D eigenvalue weighted by atomic mass is 9.90. The average Bonchev–Trinajstić information content (AvgIpc) is 2.28. The molecule has 1 aliphatic rings. The van der Waals surface area contributed by atoms with Gasteiger partial charge in [0.2, 0.25) is 11.8 Å². The van der Waals surface area contributed by atoms with E-state index in [1.54, 1.807) is 4.90 Å². The van der Waals surface area contributed by atoms with Crippen LogP contribution in [0.2, 0.25) is 0 Å². The van der Waals surface area contributed by atoms with Crippen molar-refractivity contribution in [1.82, 2.24) is 10.2 Å². The van der Waals surface area contributed by atoms with Crippen LogP contribution in [-0.4, -0.2) is 34.8 Å². The second-order valence-corrected chi connectivity index (χ2v) is 6.22. The number of hydrogen-bond donors (Lipinski definition) is 1. The Labute approximate surface area is 110 Å². The maximum atomic E-state index is 12.5. The predicted molar refractivity (Wildman–Crippen MR) is 72.0 cm³/mol. The molecule has 0 spiro atoms. The normalized spacial score (nSPS) is 25.3. The Balaban J connectivity index is 2.99. The molecule has 1 aliphatic heterocycles. The molecule has 2 unspecified atom stereocenters. The van der Waals surface area contributed by atoms with E-state index in [0.717, 1.165) is 6.42 Å². The molecular formula is C14H26N2O2. The van der Waals surface area contributed by atoms with Crippen molar-refractivity contribution in [3.05, 3.63) is 0 Å². The van der Waals surface area contributed by atoms with Gasteiger partial charge >= 0.3 is 0 Å². The SMILES string of the molecule is CCC(C)CN1C(=O)C(C(C)C)NC(=O)C1(C)C. The Bertz CT molecular complexity index is 337. The molecule has 0 aromatic carbocycles. The first-order valence-corrected chi connectivity index (χ1v) is 6.84. The lowest BCUT2D eigenvalue weighted by Crippen LogP contribution is -2.69. The standard InChI is InChI=1S/C14H26N2O2/c1-7-10(4)8-16-12(17)11(9(2)3)15-13(18)14(16,5)6/h9-11H,7-8H2,1-6H3,(H,15,18). The van der Waals surface area contributed by atoms with E-state index in [1.165, 1.54) is 0 Å². The third kappa shape index (κ3) is 2.68. The van der Waals surface area contributed by atoms with Crippen LogP contribution in [0, 0.1) is 11.8 Å². The summed E-state index contributed by atoms with van der Waals surface area (Å²) in [5, 5.41) is 2.85. The highest BCUT2D eigenvalue weighted by Gasteiger charge is 2.47. The van der Waals surface area contributed by atoms with E-state index in [9.17, 15) is 9.59 Å². The van der Waals surface area contributed by atoms with Crippen LogP contribution in [0.4, 0.5) is 0 Å². The summed E-state index contributed by atoms with van der Waals surface area (Å²) in [6.07, 6.45) is 1.01. The molecule has 1 N–H and O–H groups in total. The molecule has 0 radical (unpaired) electrons. The summed E-state index contributed by atoms with van der Waals surface area (Å²) in [6.45, 7) is 12.4. The van der Waals surface area contributed by atoms with E-state index in [2.05, 4.69) is 19.2 Å². The van der Waals surface area contributed by atoms with Crippen LogP contribution in [0.25, 0.3) is 0 Å². The quantitative estimate of drug-likeness (QED) is 0.831. The lowest BCUT2D eigenvalue weighted by Gasteiger charge is -2.46. The molecule has 2 atom stereocenters. The second kappa shape index (κ2) is 5.29. The van der Waals surface area contributed by atoms with Crippen molar-refractivity contribution in [1.29, 1.82) is 0 Å². The van der Waals surface area contributed by atoms with Crippen molar-refractivity contribution >= 4 is 11.8 Å². The van der Waals surface area contributed by atoms with Crippen LogP contribution >= 0.6 is 0 Å². The average molecular weight is 254 g/mol. The van der Waals surface area contributed by atoms with E-state index < -0.39 is 5.54 Å². The zero-order valence-corrected chi connectivity index (χ0v) is 12.4. The molecule has 0 bridgehead atoms. The third-order valence-electron chi connectivity index (χ3n) is 3.91. The minimum absolute atomic E-state index is 0.0508. The van der Waals surface area contributed by atoms with Gasteiger partial charge in [-0.1, -0.05) is 34.1 Å².